The van der Waals surface area contributed by atoms with Gasteiger partial charge >= 0.3 is 5.97 Å². The maximum absolute atomic E-state index is 12.8. The first kappa shape index (κ1) is 13.8. The van der Waals surface area contributed by atoms with E-state index in [1.807, 2.05) is 0 Å². The van der Waals surface area contributed by atoms with E-state index in [-0.39, 0.29) is 29.6 Å². The Morgan fingerprint density at radius 1 is 1.10 bits per heavy atom. The minimum absolute atomic E-state index is 0.0575. The molecule has 0 saturated heterocycles. The number of para-hydroxylation sites is 1. The van der Waals surface area contributed by atoms with E-state index in [2.05, 4.69) is 0 Å². The SMILES string of the molecule is Nc1c(O)cccc1F.O=C1Cc2c(F)cccc2O1. The molecule has 4 nitrogen and oxygen atoms in total. The number of rotatable bonds is 0. The average molecular weight is 279 g/mol. The molecule has 2 aromatic carbocycles. The van der Waals surface area contributed by atoms with Gasteiger partial charge in [-0.05, 0) is 24.3 Å². The summed E-state index contributed by atoms with van der Waals surface area (Å²) in [5.41, 5.74) is 5.23. The summed E-state index contributed by atoms with van der Waals surface area (Å²) in [4.78, 5) is 10.7. The number of aromatic hydroxyl groups is 1. The lowest BCUT2D eigenvalue weighted by molar-refractivity contribution is -0.131. The second kappa shape index (κ2) is 5.56. The third-order valence-corrected chi connectivity index (χ3v) is 2.65. The number of nitrogen functional groups attached to an aromatic ring is 1. The summed E-state index contributed by atoms with van der Waals surface area (Å²) in [6, 6.07) is 8.34. The first-order chi connectivity index (χ1) is 9.49. The predicted molar refractivity (Wildman–Crippen MR) is 68.2 cm³/mol. The van der Waals surface area contributed by atoms with Gasteiger partial charge in [-0.1, -0.05) is 12.1 Å². The van der Waals surface area contributed by atoms with Crippen molar-refractivity contribution in [3.8, 4) is 11.5 Å². The van der Waals surface area contributed by atoms with Gasteiger partial charge in [0.2, 0.25) is 0 Å². The van der Waals surface area contributed by atoms with Gasteiger partial charge in [0.25, 0.3) is 0 Å². The van der Waals surface area contributed by atoms with Gasteiger partial charge in [-0.15, -0.1) is 0 Å². The van der Waals surface area contributed by atoms with Crippen molar-refractivity contribution < 1.29 is 23.4 Å². The number of halogens is 2. The van der Waals surface area contributed by atoms with E-state index in [0.29, 0.717) is 11.3 Å². The van der Waals surface area contributed by atoms with Crippen LogP contribution in [0.25, 0.3) is 0 Å². The normalized spacial score (nSPS) is 12.2. The number of nitrogens with two attached hydrogens (primary N) is 1. The predicted octanol–water partition coefficient (Wildman–Crippen LogP) is 2.40. The van der Waals surface area contributed by atoms with Crippen LogP contribution < -0.4 is 10.5 Å². The summed E-state index contributed by atoms with van der Waals surface area (Å²) in [7, 11) is 0. The molecule has 1 aliphatic rings. The fraction of sp³-hybridized carbons (Fsp3) is 0.0714. The first-order valence-electron chi connectivity index (χ1n) is 5.70. The van der Waals surface area contributed by atoms with Gasteiger partial charge in [0.1, 0.15) is 28.8 Å². The van der Waals surface area contributed by atoms with Crippen molar-refractivity contribution in [2.24, 2.45) is 0 Å². The van der Waals surface area contributed by atoms with Gasteiger partial charge in [-0.25, -0.2) is 8.78 Å². The Labute approximate surface area is 113 Å². The molecule has 1 heterocycles. The largest absolute Gasteiger partial charge is 0.506 e. The number of carbonyl (C=O) groups excluding carboxylic acids is 1. The summed E-state index contributed by atoms with van der Waals surface area (Å²) in [6.07, 6.45) is 0.0575. The highest BCUT2D eigenvalue weighted by atomic mass is 19.1. The Kier molecular flexibility index (Phi) is 3.84. The molecule has 0 fully saturated rings. The standard InChI is InChI=1S/C8H5FO2.C6H6FNO/c9-6-2-1-3-7-5(6)4-8(10)11-7;7-4-2-1-3-5(9)6(4)8/h1-3H,4H2;1-3,9H,8H2. The summed E-state index contributed by atoms with van der Waals surface area (Å²) < 4.78 is 29.8. The molecule has 0 unspecified atom stereocenters. The van der Waals surface area contributed by atoms with Crippen LogP contribution in [0.1, 0.15) is 5.56 Å². The highest BCUT2D eigenvalue weighted by molar-refractivity contribution is 5.80. The number of fused-ring (bicyclic) bond motifs is 1. The summed E-state index contributed by atoms with van der Waals surface area (Å²) in [5, 5.41) is 8.74. The van der Waals surface area contributed by atoms with Crippen LogP contribution in [0.15, 0.2) is 36.4 Å². The molecule has 0 aliphatic carbocycles. The quantitative estimate of drug-likeness (QED) is 0.336. The fourth-order valence-electron chi connectivity index (χ4n) is 1.63. The lowest BCUT2D eigenvalue weighted by atomic mass is 10.1. The molecule has 2 aromatic rings. The number of benzene rings is 2. The molecule has 3 rings (SSSR count). The summed E-state index contributed by atoms with van der Waals surface area (Å²) >= 11 is 0. The number of phenols is 1. The van der Waals surface area contributed by atoms with Crippen LogP contribution >= 0.6 is 0 Å². The van der Waals surface area contributed by atoms with Crippen LogP contribution in [0.5, 0.6) is 11.5 Å². The first-order valence-corrected chi connectivity index (χ1v) is 5.70. The van der Waals surface area contributed by atoms with Gasteiger partial charge in [0, 0.05) is 5.56 Å². The highest BCUT2D eigenvalue weighted by Gasteiger charge is 2.22. The van der Waals surface area contributed by atoms with E-state index in [1.54, 1.807) is 6.07 Å². The number of anilines is 1. The Morgan fingerprint density at radius 2 is 1.75 bits per heavy atom. The number of esters is 1. The molecule has 6 heteroatoms. The molecule has 0 amide bonds. The molecule has 20 heavy (non-hydrogen) atoms. The topological polar surface area (TPSA) is 72.5 Å². The zero-order valence-electron chi connectivity index (χ0n) is 10.3. The molecule has 0 spiro atoms. The summed E-state index contributed by atoms with van der Waals surface area (Å²) in [6.45, 7) is 0. The highest BCUT2D eigenvalue weighted by Crippen LogP contribution is 2.27. The number of phenolic OH excluding ortho intramolecular Hbond substituents is 1. The number of ether oxygens (including phenoxy) is 1. The minimum atomic E-state index is -0.588. The fourth-order valence-corrected chi connectivity index (χ4v) is 1.63. The molecule has 0 atom stereocenters. The van der Waals surface area contributed by atoms with Crippen molar-refractivity contribution >= 4 is 11.7 Å². The Balaban J connectivity index is 0.000000151. The minimum Gasteiger partial charge on any atom is -0.506 e. The lowest BCUT2D eigenvalue weighted by Gasteiger charge is -1.96. The van der Waals surface area contributed by atoms with Crippen LogP contribution in [0.4, 0.5) is 14.5 Å². The van der Waals surface area contributed by atoms with E-state index in [0.717, 1.165) is 0 Å². The third-order valence-electron chi connectivity index (χ3n) is 2.65. The van der Waals surface area contributed by atoms with Crippen LogP contribution in [-0.2, 0) is 11.2 Å². The maximum Gasteiger partial charge on any atom is 0.315 e. The van der Waals surface area contributed by atoms with E-state index >= 15 is 0 Å². The molecule has 0 bridgehead atoms. The monoisotopic (exact) mass is 279 g/mol. The van der Waals surface area contributed by atoms with Crippen LogP contribution in [0, 0.1) is 11.6 Å². The second-order valence-corrected chi connectivity index (χ2v) is 4.04. The van der Waals surface area contributed by atoms with Gasteiger partial charge in [0.15, 0.2) is 0 Å². The third kappa shape index (κ3) is 2.85. The molecule has 104 valence electrons. The second-order valence-electron chi connectivity index (χ2n) is 4.04. The van der Waals surface area contributed by atoms with Crippen molar-refractivity contribution in [3.63, 3.8) is 0 Å². The van der Waals surface area contributed by atoms with E-state index < -0.39 is 5.82 Å². The Bertz CT molecular complexity index is 639. The molecule has 0 aromatic heterocycles. The Morgan fingerprint density at radius 3 is 2.35 bits per heavy atom. The van der Waals surface area contributed by atoms with Crippen molar-refractivity contribution in [1.82, 2.24) is 0 Å². The van der Waals surface area contributed by atoms with E-state index in [4.69, 9.17) is 15.6 Å². The number of hydrogen-bond donors (Lipinski definition) is 2. The molecular weight excluding hydrogens is 268 g/mol. The van der Waals surface area contributed by atoms with Crippen LogP contribution in [0.2, 0.25) is 0 Å². The maximum atomic E-state index is 12.8. The van der Waals surface area contributed by atoms with Gasteiger partial charge in [0.05, 0.1) is 6.42 Å². The number of carbonyl (C=O) groups is 1. The molecule has 0 saturated carbocycles. The van der Waals surface area contributed by atoms with E-state index in [1.165, 1.54) is 30.3 Å². The Hall–Kier alpha value is -2.63. The van der Waals surface area contributed by atoms with Crippen molar-refractivity contribution in [3.05, 3.63) is 53.6 Å². The molecular formula is C14H11F2NO3. The number of hydrogen-bond acceptors (Lipinski definition) is 4. The van der Waals surface area contributed by atoms with Crippen molar-refractivity contribution in [2.75, 3.05) is 5.73 Å². The molecule has 0 radical (unpaired) electrons. The van der Waals surface area contributed by atoms with E-state index in [9.17, 15) is 13.6 Å². The summed E-state index contributed by atoms with van der Waals surface area (Å²) in [5.74, 6) is -1.20. The molecule has 1 aliphatic heterocycles. The van der Waals surface area contributed by atoms with Gasteiger partial charge in [-0.3, -0.25) is 4.79 Å². The zero-order chi connectivity index (χ0) is 14.7. The van der Waals surface area contributed by atoms with Crippen LogP contribution in [-0.4, -0.2) is 11.1 Å². The van der Waals surface area contributed by atoms with Gasteiger partial charge < -0.3 is 15.6 Å². The van der Waals surface area contributed by atoms with Crippen molar-refractivity contribution in [2.45, 2.75) is 6.42 Å². The van der Waals surface area contributed by atoms with Crippen molar-refractivity contribution in [1.29, 1.82) is 0 Å². The smallest absolute Gasteiger partial charge is 0.315 e. The molecule has 3 N–H and O–H groups in total. The van der Waals surface area contributed by atoms with Crippen LogP contribution in [0.3, 0.4) is 0 Å². The zero-order valence-corrected chi connectivity index (χ0v) is 10.3. The van der Waals surface area contributed by atoms with Gasteiger partial charge in [-0.2, -0.15) is 0 Å². The average Bonchev–Trinajstić information content (AvgIpc) is 2.79. The lowest BCUT2D eigenvalue weighted by Crippen LogP contribution is -2.00.